The second-order valence-electron chi connectivity index (χ2n) is 11.0. The van der Waals surface area contributed by atoms with Crippen molar-refractivity contribution >= 4 is 17.0 Å². The van der Waals surface area contributed by atoms with Gasteiger partial charge in [-0.2, -0.15) is 13.2 Å². The molecule has 0 saturated carbocycles. The van der Waals surface area contributed by atoms with Gasteiger partial charge in [0.2, 0.25) is 0 Å². The zero-order valence-electron chi connectivity index (χ0n) is 22.2. The van der Waals surface area contributed by atoms with Crippen LogP contribution in [-0.4, -0.2) is 32.3 Å². The first-order valence-electron chi connectivity index (χ1n) is 11.9. The van der Waals surface area contributed by atoms with Crippen molar-refractivity contribution in [3.8, 4) is 17.0 Å². The summed E-state index contributed by atoms with van der Waals surface area (Å²) in [5.41, 5.74) is -3.20. The van der Waals surface area contributed by atoms with Crippen molar-refractivity contribution in [2.24, 2.45) is 5.92 Å². The predicted molar refractivity (Wildman–Crippen MR) is 132 cm³/mol. The van der Waals surface area contributed by atoms with Crippen LogP contribution in [0, 0.1) is 17.6 Å². The lowest BCUT2D eigenvalue weighted by Gasteiger charge is -2.39. The molecule has 0 unspecified atom stereocenters. The van der Waals surface area contributed by atoms with E-state index in [1.165, 1.54) is 6.07 Å². The van der Waals surface area contributed by atoms with Crippen molar-refractivity contribution in [1.82, 2.24) is 15.0 Å². The van der Waals surface area contributed by atoms with Crippen molar-refractivity contribution in [2.75, 3.05) is 0 Å². The fourth-order valence-electron chi connectivity index (χ4n) is 4.15. The molecule has 0 spiro atoms. The highest BCUT2D eigenvalue weighted by Gasteiger charge is 2.41. The minimum atomic E-state index is -4.90. The number of halogens is 5. The molecule has 2 aromatic carbocycles. The first kappa shape index (κ1) is 29.1. The number of rotatable bonds is 6. The maximum Gasteiger partial charge on any atom is 0.444 e. The Labute approximate surface area is 217 Å². The lowest BCUT2D eigenvalue weighted by atomic mass is 9.92. The largest absolute Gasteiger partial charge is 0.444 e. The summed E-state index contributed by atoms with van der Waals surface area (Å²) in [6, 6.07) is 4.79. The molecule has 38 heavy (non-hydrogen) atoms. The third-order valence-corrected chi connectivity index (χ3v) is 5.44. The number of hydrogen-bond acceptors (Lipinski definition) is 5. The van der Waals surface area contributed by atoms with Crippen molar-refractivity contribution in [1.29, 1.82) is 0 Å². The number of amides is 1. The molecule has 3 aromatic rings. The van der Waals surface area contributed by atoms with E-state index in [9.17, 15) is 26.7 Å². The zero-order valence-corrected chi connectivity index (χ0v) is 22.2. The van der Waals surface area contributed by atoms with E-state index in [4.69, 9.17) is 9.57 Å². The Hall–Kier alpha value is -3.50. The van der Waals surface area contributed by atoms with Crippen molar-refractivity contribution < 1.29 is 36.3 Å². The van der Waals surface area contributed by atoms with Gasteiger partial charge in [-0.05, 0) is 71.2 Å². The number of carbonyl (C=O) groups is 1. The molecule has 0 radical (unpaired) electrons. The average molecular weight is 540 g/mol. The van der Waals surface area contributed by atoms with Crippen LogP contribution in [0.3, 0.4) is 0 Å². The summed E-state index contributed by atoms with van der Waals surface area (Å²) in [6.45, 7) is 12.1. The van der Waals surface area contributed by atoms with Gasteiger partial charge in [0, 0.05) is 17.0 Å². The Balaban J connectivity index is 2.14. The van der Waals surface area contributed by atoms with Crippen LogP contribution in [0.15, 0.2) is 36.7 Å². The van der Waals surface area contributed by atoms with Gasteiger partial charge in [0.05, 0.1) is 16.7 Å². The summed E-state index contributed by atoms with van der Waals surface area (Å²) in [7, 11) is 0. The molecule has 11 heteroatoms. The molecule has 0 aliphatic rings. The van der Waals surface area contributed by atoms with E-state index in [0.29, 0.717) is 6.42 Å². The van der Waals surface area contributed by atoms with Gasteiger partial charge in [-0.1, -0.05) is 13.8 Å². The van der Waals surface area contributed by atoms with Crippen LogP contribution in [0.25, 0.3) is 22.2 Å². The van der Waals surface area contributed by atoms with Gasteiger partial charge in [-0.25, -0.2) is 23.5 Å². The third kappa shape index (κ3) is 6.68. The molecule has 0 atom stereocenters. The van der Waals surface area contributed by atoms with Gasteiger partial charge in [0.15, 0.2) is 17.4 Å². The molecule has 0 aliphatic carbocycles. The molecule has 1 aromatic heterocycles. The summed E-state index contributed by atoms with van der Waals surface area (Å²) in [5.74, 6) is -2.89. The molecule has 6 nitrogen and oxygen atoms in total. The monoisotopic (exact) mass is 539 g/mol. The molecule has 0 bridgehead atoms. The Morgan fingerprint density at radius 3 is 2.18 bits per heavy atom. The fourth-order valence-corrected chi connectivity index (χ4v) is 4.15. The summed E-state index contributed by atoms with van der Waals surface area (Å²) >= 11 is 0. The van der Waals surface area contributed by atoms with Crippen LogP contribution in [0.1, 0.15) is 60.5 Å². The Morgan fingerprint density at radius 1 is 0.974 bits per heavy atom. The number of ether oxygens (including phenoxy) is 1. The maximum absolute atomic E-state index is 14.2. The van der Waals surface area contributed by atoms with E-state index in [-0.39, 0.29) is 28.1 Å². The average Bonchev–Trinajstić information content (AvgIpc) is 2.75. The van der Waals surface area contributed by atoms with E-state index >= 15 is 0 Å². The number of aromatic nitrogens is 2. The second-order valence-corrected chi connectivity index (χ2v) is 11.0. The number of hydrogen-bond donors (Lipinski definition) is 0. The molecular formula is C27H30F5N3O3. The minimum Gasteiger partial charge on any atom is -0.442 e. The van der Waals surface area contributed by atoms with E-state index in [0.717, 1.165) is 35.7 Å². The minimum absolute atomic E-state index is 0.0225. The Kier molecular flexibility index (Phi) is 7.91. The standard InChI is InChI=1S/C27H30F5N3O3/c1-15(2)13-26(6,7)35(24(36)37-25(3,4)5)38-22-9-8-16(10-18(22)27(30,31)32)23-17-11-19(28)20(29)12-21(17)33-14-34-23/h8-12,14-15H,13H2,1-7H3. The Bertz CT molecular complexity index is 1330. The molecule has 3 rings (SSSR count). The number of nitrogens with zero attached hydrogens (tertiary/aromatic N) is 3. The van der Waals surface area contributed by atoms with E-state index in [2.05, 4.69) is 9.97 Å². The van der Waals surface area contributed by atoms with Gasteiger partial charge >= 0.3 is 12.3 Å². The number of benzene rings is 2. The number of carbonyl (C=O) groups excluding carboxylic acids is 1. The summed E-state index contributed by atoms with van der Waals surface area (Å²) < 4.78 is 75.8. The van der Waals surface area contributed by atoms with Crippen molar-refractivity contribution in [3.63, 3.8) is 0 Å². The van der Waals surface area contributed by atoms with Gasteiger partial charge in [-0.15, -0.1) is 5.06 Å². The number of alkyl halides is 3. The van der Waals surface area contributed by atoms with Crippen molar-refractivity contribution in [3.05, 3.63) is 53.9 Å². The fraction of sp³-hybridized carbons (Fsp3) is 0.444. The van der Waals surface area contributed by atoms with Gasteiger partial charge in [0.1, 0.15) is 17.5 Å². The lowest BCUT2D eigenvalue weighted by Crippen LogP contribution is -2.52. The smallest absolute Gasteiger partial charge is 0.442 e. The van der Waals surface area contributed by atoms with Gasteiger partial charge < -0.3 is 9.57 Å². The van der Waals surface area contributed by atoms with E-state index in [1.54, 1.807) is 34.6 Å². The van der Waals surface area contributed by atoms with E-state index < -0.39 is 46.4 Å². The van der Waals surface area contributed by atoms with Crippen molar-refractivity contribution in [2.45, 2.75) is 72.2 Å². The highest BCUT2D eigenvalue weighted by atomic mass is 19.4. The van der Waals surface area contributed by atoms with Crippen LogP contribution in [-0.2, 0) is 10.9 Å². The maximum atomic E-state index is 14.2. The molecule has 0 fully saturated rings. The summed E-state index contributed by atoms with van der Waals surface area (Å²) in [6.07, 6.45) is -4.39. The molecular weight excluding hydrogens is 509 g/mol. The van der Waals surface area contributed by atoms with Crippen LogP contribution in [0.2, 0.25) is 0 Å². The molecule has 0 aliphatic heterocycles. The number of hydroxylamine groups is 2. The van der Waals surface area contributed by atoms with Gasteiger partial charge in [-0.3, -0.25) is 0 Å². The lowest BCUT2D eigenvalue weighted by molar-refractivity contribution is -0.153. The summed E-state index contributed by atoms with van der Waals surface area (Å²) in [4.78, 5) is 26.6. The molecule has 206 valence electrons. The predicted octanol–water partition coefficient (Wildman–Crippen LogP) is 7.95. The van der Waals surface area contributed by atoms with Crippen LogP contribution in [0.4, 0.5) is 26.7 Å². The van der Waals surface area contributed by atoms with Crippen LogP contribution < -0.4 is 4.84 Å². The first-order valence-corrected chi connectivity index (χ1v) is 11.9. The third-order valence-electron chi connectivity index (χ3n) is 5.44. The summed E-state index contributed by atoms with van der Waals surface area (Å²) in [5, 5.41) is 0.849. The Morgan fingerprint density at radius 2 is 1.61 bits per heavy atom. The number of fused-ring (bicyclic) bond motifs is 1. The topological polar surface area (TPSA) is 64.5 Å². The van der Waals surface area contributed by atoms with Gasteiger partial charge in [0.25, 0.3) is 0 Å². The molecule has 1 amide bonds. The second kappa shape index (κ2) is 10.3. The normalized spacial score (nSPS) is 12.7. The SMILES string of the molecule is CC(C)CC(C)(C)N(Oc1ccc(-c2ncnc3cc(F)c(F)cc23)cc1C(F)(F)F)C(=O)OC(C)(C)C. The molecule has 0 N–H and O–H groups in total. The van der Waals surface area contributed by atoms with E-state index in [1.807, 2.05) is 13.8 Å². The zero-order chi connectivity index (χ0) is 28.6. The first-order chi connectivity index (χ1) is 17.4. The highest BCUT2D eigenvalue weighted by Crippen LogP contribution is 2.41. The molecule has 0 saturated heterocycles. The highest BCUT2D eigenvalue weighted by molar-refractivity contribution is 5.92. The van der Waals surface area contributed by atoms with Crippen LogP contribution in [0.5, 0.6) is 5.75 Å². The molecule has 1 heterocycles. The van der Waals surface area contributed by atoms with Crippen LogP contribution >= 0.6 is 0 Å². The quantitative estimate of drug-likeness (QED) is 0.235.